The number of sulfone groups is 1. The van der Waals surface area contributed by atoms with E-state index < -0.39 is 15.8 Å². The molecule has 3 rings (SSSR count). The first-order valence-electron chi connectivity index (χ1n) is 9.58. The SMILES string of the molecule is CCOC(=O)c1[nH]c2ccc(NCS(=O)(=O)c3ccc(C(C)(C)C)cc3)cc2c1Br. The van der Waals surface area contributed by atoms with E-state index in [0.717, 1.165) is 16.5 Å². The van der Waals surface area contributed by atoms with Gasteiger partial charge in [-0.1, -0.05) is 32.9 Å². The molecule has 1 aromatic heterocycles. The lowest BCUT2D eigenvalue weighted by Gasteiger charge is -2.19. The van der Waals surface area contributed by atoms with Crippen LogP contribution in [0.3, 0.4) is 0 Å². The molecule has 0 fully saturated rings. The fourth-order valence-electron chi connectivity index (χ4n) is 3.04. The summed E-state index contributed by atoms with van der Waals surface area (Å²) in [6, 6.07) is 12.3. The normalized spacial score (nSPS) is 12.2. The number of ether oxygens (including phenoxy) is 1. The summed E-state index contributed by atoms with van der Waals surface area (Å²) < 4.78 is 31.1. The molecular formula is C22H25BrN2O4S. The van der Waals surface area contributed by atoms with E-state index in [1.54, 1.807) is 37.3 Å². The number of H-pyrrole nitrogens is 1. The molecule has 0 atom stereocenters. The number of esters is 1. The standard InChI is InChI=1S/C22H25BrN2O4S/c1-5-29-21(26)20-19(23)17-12-15(8-11-18(17)25-20)24-13-30(27,28)16-9-6-14(7-10-16)22(2,3)4/h6-12,24-25H,5,13H2,1-4H3. The van der Waals surface area contributed by atoms with Gasteiger partial charge in [0.05, 0.1) is 16.0 Å². The second-order valence-corrected chi connectivity index (χ2v) is 10.8. The molecule has 160 valence electrons. The average Bonchev–Trinajstić information content (AvgIpc) is 3.02. The zero-order valence-corrected chi connectivity index (χ0v) is 19.8. The van der Waals surface area contributed by atoms with E-state index >= 15 is 0 Å². The van der Waals surface area contributed by atoms with Crippen molar-refractivity contribution in [1.29, 1.82) is 0 Å². The Labute approximate surface area is 185 Å². The summed E-state index contributed by atoms with van der Waals surface area (Å²) in [6.45, 7) is 8.28. The van der Waals surface area contributed by atoms with E-state index in [-0.39, 0.29) is 22.8 Å². The molecule has 30 heavy (non-hydrogen) atoms. The molecule has 3 aromatic rings. The Morgan fingerprint density at radius 3 is 2.40 bits per heavy atom. The molecule has 0 radical (unpaired) electrons. The van der Waals surface area contributed by atoms with Gasteiger partial charge in [-0.05, 0) is 64.2 Å². The third kappa shape index (κ3) is 4.70. The van der Waals surface area contributed by atoms with Crippen LogP contribution >= 0.6 is 15.9 Å². The summed E-state index contributed by atoms with van der Waals surface area (Å²) in [7, 11) is -3.50. The van der Waals surface area contributed by atoms with E-state index in [2.05, 4.69) is 47.0 Å². The van der Waals surface area contributed by atoms with Crippen molar-refractivity contribution in [2.45, 2.75) is 38.0 Å². The van der Waals surface area contributed by atoms with Gasteiger partial charge in [0.2, 0.25) is 0 Å². The molecule has 8 heteroatoms. The van der Waals surface area contributed by atoms with Crippen molar-refractivity contribution in [1.82, 2.24) is 4.98 Å². The number of hydrogen-bond acceptors (Lipinski definition) is 5. The first kappa shape index (κ1) is 22.4. The van der Waals surface area contributed by atoms with Crippen LogP contribution < -0.4 is 5.32 Å². The van der Waals surface area contributed by atoms with Crippen molar-refractivity contribution in [3.63, 3.8) is 0 Å². The van der Waals surface area contributed by atoms with Crippen molar-refractivity contribution >= 4 is 48.3 Å². The van der Waals surface area contributed by atoms with E-state index in [9.17, 15) is 13.2 Å². The molecule has 2 N–H and O–H groups in total. The second kappa shape index (κ2) is 8.43. The van der Waals surface area contributed by atoms with E-state index in [4.69, 9.17) is 4.74 Å². The highest BCUT2D eigenvalue weighted by atomic mass is 79.9. The van der Waals surface area contributed by atoms with E-state index in [1.807, 2.05) is 12.1 Å². The highest BCUT2D eigenvalue weighted by Gasteiger charge is 2.19. The number of carbonyl (C=O) groups excluding carboxylic acids is 1. The number of fused-ring (bicyclic) bond motifs is 1. The van der Waals surface area contributed by atoms with Crippen LogP contribution in [-0.4, -0.2) is 31.9 Å². The van der Waals surface area contributed by atoms with Crippen LogP contribution in [0.25, 0.3) is 10.9 Å². The van der Waals surface area contributed by atoms with Crippen LogP contribution in [0.2, 0.25) is 0 Å². The molecule has 0 aliphatic rings. The van der Waals surface area contributed by atoms with Crippen LogP contribution in [0.5, 0.6) is 0 Å². The zero-order valence-electron chi connectivity index (χ0n) is 17.4. The lowest BCUT2D eigenvalue weighted by atomic mass is 9.87. The Morgan fingerprint density at radius 1 is 1.13 bits per heavy atom. The van der Waals surface area contributed by atoms with Crippen LogP contribution in [0.1, 0.15) is 43.7 Å². The third-order valence-electron chi connectivity index (χ3n) is 4.76. The number of halogens is 1. The summed E-state index contributed by atoms with van der Waals surface area (Å²) in [5, 5.41) is 3.73. The summed E-state index contributed by atoms with van der Waals surface area (Å²) in [6.07, 6.45) is 0. The molecule has 0 unspecified atom stereocenters. The lowest BCUT2D eigenvalue weighted by molar-refractivity contribution is 0.0519. The van der Waals surface area contributed by atoms with Crippen LogP contribution in [0.15, 0.2) is 51.8 Å². The van der Waals surface area contributed by atoms with Crippen molar-refractivity contribution in [2.75, 3.05) is 17.8 Å². The number of nitrogens with one attached hydrogen (secondary N) is 2. The number of carbonyl (C=O) groups is 1. The third-order valence-corrected chi connectivity index (χ3v) is 7.10. The number of benzene rings is 2. The largest absolute Gasteiger partial charge is 0.461 e. The predicted molar refractivity (Wildman–Crippen MR) is 123 cm³/mol. The molecule has 0 aliphatic carbocycles. The van der Waals surface area contributed by atoms with Gasteiger partial charge in [0.1, 0.15) is 11.6 Å². The number of rotatable bonds is 6. The van der Waals surface area contributed by atoms with Gasteiger partial charge in [-0.2, -0.15) is 0 Å². The molecule has 6 nitrogen and oxygen atoms in total. The summed E-state index contributed by atoms with van der Waals surface area (Å²) in [4.78, 5) is 15.3. The van der Waals surface area contributed by atoms with Gasteiger partial charge in [0.25, 0.3) is 0 Å². The maximum Gasteiger partial charge on any atom is 0.355 e. The topological polar surface area (TPSA) is 88.3 Å². The highest BCUT2D eigenvalue weighted by molar-refractivity contribution is 9.10. The van der Waals surface area contributed by atoms with Gasteiger partial charge in [-0.15, -0.1) is 0 Å². The first-order valence-corrected chi connectivity index (χ1v) is 12.0. The molecular weight excluding hydrogens is 468 g/mol. The van der Waals surface area contributed by atoms with Crippen LogP contribution in [-0.2, 0) is 20.0 Å². The maximum absolute atomic E-state index is 12.7. The minimum atomic E-state index is -3.50. The monoisotopic (exact) mass is 492 g/mol. The molecule has 0 bridgehead atoms. The molecule has 0 saturated heterocycles. The van der Waals surface area contributed by atoms with E-state index in [1.165, 1.54) is 0 Å². The molecule has 0 saturated carbocycles. The Hall–Kier alpha value is -2.32. The fraction of sp³-hybridized carbons (Fsp3) is 0.318. The highest BCUT2D eigenvalue weighted by Crippen LogP contribution is 2.31. The first-order chi connectivity index (χ1) is 14.0. The molecule has 0 amide bonds. The number of hydrogen-bond donors (Lipinski definition) is 2. The van der Waals surface area contributed by atoms with Crippen molar-refractivity contribution in [3.05, 3.63) is 58.2 Å². The second-order valence-electron chi connectivity index (χ2n) is 8.01. The minimum Gasteiger partial charge on any atom is -0.461 e. The fourth-order valence-corrected chi connectivity index (χ4v) is 4.70. The predicted octanol–water partition coefficient (Wildman–Crippen LogP) is 5.25. The molecule has 0 spiro atoms. The quantitative estimate of drug-likeness (QED) is 0.458. The summed E-state index contributed by atoms with van der Waals surface area (Å²) in [5.74, 6) is -0.684. The zero-order chi connectivity index (χ0) is 22.1. The number of aromatic nitrogens is 1. The van der Waals surface area contributed by atoms with Crippen LogP contribution in [0, 0.1) is 0 Å². The Morgan fingerprint density at radius 2 is 1.80 bits per heavy atom. The minimum absolute atomic E-state index is 0.0394. The van der Waals surface area contributed by atoms with Gasteiger partial charge in [0.15, 0.2) is 9.84 Å². The number of anilines is 1. The molecule has 2 aromatic carbocycles. The lowest BCUT2D eigenvalue weighted by Crippen LogP contribution is -2.16. The number of aromatic amines is 1. The smallest absolute Gasteiger partial charge is 0.355 e. The molecule has 0 aliphatic heterocycles. The van der Waals surface area contributed by atoms with E-state index in [0.29, 0.717) is 15.9 Å². The van der Waals surface area contributed by atoms with Crippen molar-refractivity contribution in [3.8, 4) is 0 Å². The average molecular weight is 493 g/mol. The van der Waals surface area contributed by atoms with Gasteiger partial charge in [-0.3, -0.25) is 0 Å². The van der Waals surface area contributed by atoms with Gasteiger partial charge in [0, 0.05) is 16.6 Å². The summed E-state index contributed by atoms with van der Waals surface area (Å²) in [5.41, 5.74) is 2.75. The maximum atomic E-state index is 12.7. The van der Waals surface area contributed by atoms with Gasteiger partial charge < -0.3 is 15.0 Å². The molecule has 1 heterocycles. The van der Waals surface area contributed by atoms with Crippen molar-refractivity contribution < 1.29 is 17.9 Å². The van der Waals surface area contributed by atoms with Gasteiger partial charge >= 0.3 is 5.97 Å². The Bertz CT molecular complexity index is 1180. The Balaban J connectivity index is 1.79. The van der Waals surface area contributed by atoms with Crippen molar-refractivity contribution in [2.24, 2.45) is 0 Å². The van der Waals surface area contributed by atoms with Crippen LogP contribution in [0.4, 0.5) is 5.69 Å². The summed E-state index contributed by atoms with van der Waals surface area (Å²) >= 11 is 3.43. The van der Waals surface area contributed by atoms with Gasteiger partial charge in [-0.25, -0.2) is 13.2 Å². The Kier molecular flexibility index (Phi) is 6.29.